The van der Waals surface area contributed by atoms with Crippen molar-refractivity contribution in [2.75, 3.05) is 7.11 Å². The fourth-order valence-corrected chi connectivity index (χ4v) is 2.74. The largest absolute Gasteiger partial charge is 0.497 e. The summed E-state index contributed by atoms with van der Waals surface area (Å²) in [5.74, 6) is 0.739. The summed E-state index contributed by atoms with van der Waals surface area (Å²) in [5, 5.41) is 12.6. The van der Waals surface area contributed by atoms with Crippen LogP contribution in [0.5, 0.6) is 5.75 Å². The average molecular weight is 334 g/mol. The van der Waals surface area contributed by atoms with Crippen molar-refractivity contribution in [1.82, 2.24) is 5.32 Å². The van der Waals surface area contributed by atoms with Gasteiger partial charge in [0, 0.05) is 10.9 Å². The number of hydrogen-bond donors (Lipinski definition) is 1. The number of nitrogens with zero attached hydrogens (tertiary/aromatic N) is 1. The second-order valence-electron chi connectivity index (χ2n) is 5.85. The molecule has 1 amide bonds. The summed E-state index contributed by atoms with van der Waals surface area (Å²) >= 11 is 0. The molecule has 1 unspecified atom stereocenters. The Bertz CT molecular complexity index is 965. The Morgan fingerprint density at radius 2 is 1.96 bits per heavy atom. The first kappa shape index (κ1) is 16.6. The molecule has 0 aliphatic heterocycles. The van der Waals surface area contributed by atoms with Gasteiger partial charge in [0.2, 0.25) is 0 Å². The topological polar surface area (TPSA) is 75.3 Å². The zero-order valence-electron chi connectivity index (χ0n) is 14.3. The van der Waals surface area contributed by atoms with Gasteiger partial charge in [-0.15, -0.1) is 0 Å². The van der Waals surface area contributed by atoms with Crippen molar-refractivity contribution in [2.45, 2.75) is 19.9 Å². The van der Waals surface area contributed by atoms with Crippen molar-refractivity contribution < 1.29 is 13.9 Å². The van der Waals surface area contributed by atoms with E-state index in [-0.39, 0.29) is 11.9 Å². The van der Waals surface area contributed by atoms with E-state index in [9.17, 15) is 4.79 Å². The van der Waals surface area contributed by atoms with Crippen molar-refractivity contribution in [2.24, 2.45) is 0 Å². The number of amides is 1. The molecule has 5 nitrogen and oxygen atoms in total. The zero-order chi connectivity index (χ0) is 18.0. The van der Waals surface area contributed by atoms with Crippen LogP contribution >= 0.6 is 0 Å². The normalized spacial score (nSPS) is 11.8. The van der Waals surface area contributed by atoms with Gasteiger partial charge in [-0.1, -0.05) is 12.1 Å². The Morgan fingerprint density at radius 1 is 1.24 bits per heavy atom. The molecule has 0 bridgehead atoms. The number of rotatable bonds is 4. The summed E-state index contributed by atoms with van der Waals surface area (Å²) in [6.07, 6.45) is 0. The molecular weight excluding hydrogens is 316 g/mol. The third-order valence-electron chi connectivity index (χ3n) is 4.24. The van der Waals surface area contributed by atoms with Crippen LogP contribution in [-0.4, -0.2) is 13.0 Å². The van der Waals surface area contributed by atoms with E-state index in [1.165, 1.54) is 0 Å². The molecule has 1 atom stereocenters. The fourth-order valence-electron chi connectivity index (χ4n) is 2.74. The Morgan fingerprint density at radius 3 is 2.60 bits per heavy atom. The molecular formula is C20H18N2O3. The lowest BCUT2D eigenvalue weighted by molar-refractivity contribution is 0.0913. The lowest BCUT2D eigenvalue weighted by Gasteiger charge is -2.13. The summed E-state index contributed by atoms with van der Waals surface area (Å²) in [6, 6.07) is 14.5. The minimum absolute atomic E-state index is 0.206. The SMILES string of the molecule is COc1ccc2oc(C(=O)NC(C)c3ccc(C#N)cc3)c(C)c2c1. The Balaban J connectivity index is 1.84. The van der Waals surface area contributed by atoms with Gasteiger partial charge in [0.25, 0.3) is 5.91 Å². The summed E-state index contributed by atoms with van der Waals surface area (Å²) in [5.41, 5.74) is 2.93. The van der Waals surface area contributed by atoms with Gasteiger partial charge in [-0.05, 0) is 49.7 Å². The van der Waals surface area contributed by atoms with E-state index in [2.05, 4.69) is 11.4 Å². The van der Waals surface area contributed by atoms with Crippen LogP contribution in [0.2, 0.25) is 0 Å². The first-order valence-corrected chi connectivity index (χ1v) is 7.91. The van der Waals surface area contributed by atoms with Gasteiger partial charge < -0.3 is 14.5 Å². The minimum Gasteiger partial charge on any atom is -0.497 e. The highest BCUT2D eigenvalue weighted by Gasteiger charge is 2.20. The predicted molar refractivity (Wildman–Crippen MR) is 94.5 cm³/mol. The maximum atomic E-state index is 12.6. The van der Waals surface area contributed by atoms with Crippen LogP contribution in [0.4, 0.5) is 0 Å². The fraction of sp³-hybridized carbons (Fsp3) is 0.200. The monoisotopic (exact) mass is 334 g/mol. The summed E-state index contributed by atoms with van der Waals surface area (Å²) in [6.45, 7) is 3.74. The molecule has 0 spiro atoms. The molecule has 0 fully saturated rings. The third kappa shape index (κ3) is 3.20. The van der Waals surface area contributed by atoms with Crippen molar-refractivity contribution in [3.05, 3.63) is 64.9 Å². The molecule has 3 rings (SSSR count). The molecule has 3 aromatic rings. The maximum Gasteiger partial charge on any atom is 0.287 e. The average Bonchev–Trinajstić information content (AvgIpc) is 2.98. The highest BCUT2D eigenvalue weighted by molar-refractivity contribution is 5.99. The predicted octanol–water partition coefficient (Wildman–Crippen LogP) is 4.11. The molecule has 0 saturated heterocycles. The highest BCUT2D eigenvalue weighted by atomic mass is 16.5. The number of ether oxygens (including phenoxy) is 1. The summed E-state index contributed by atoms with van der Waals surface area (Å²) in [7, 11) is 1.60. The van der Waals surface area contributed by atoms with Gasteiger partial charge in [0.15, 0.2) is 5.76 Å². The molecule has 0 aliphatic carbocycles. The summed E-state index contributed by atoms with van der Waals surface area (Å²) in [4.78, 5) is 12.6. The molecule has 1 heterocycles. The minimum atomic E-state index is -0.274. The Labute approximate surface area is 145 Å². The van der Waals surface area contributed by atoms with Crippen LogP contribution in [0.1, 0.15) is 40.2 Å². The quantitative estimate of drug-likeness (QED) is 0.779. The summed E-state index contributed by atoms with van der Waals surface area (Å²) < 4.78 is 10.9. The van der Waals surface area contributed by atoms with E-state index >= 15 is 0 Å². The first-order chi connectivity index (χ1) is 12.0. The van der Waals surface area contributed by atoms with E-state index in [4.69, 9.17) is 14.4 Å². The molecule has 1 N–H and O–H groups in total. The third-order valence-corrected chi connectivity index (χ3v) is 4.24. The Hall–Kier alpha value is -3.26. The van der Waals surface area contributed by atoms with Crippen LogP contribution in [0, 0.1) is 18.3 Å². The van der Waals surface area contributed by atoms with Crippen LogP contribution in [0.25, 0.3) is 11.0 Å². The molecule has 5 heteroatoms. The van der Waals surface area contributed by atoms with Crippen molar-refractivity contribution in [1.29, 1.82) is 5.26 Å². The van der Waals surface area contributed by atoms with Gasteiger partial charge in [-0.3, -0.25) is 4.79 Å². The number of fused-ring (bicyclic) bond motifs is 1. The van der Waals surface area contributed by atoms with Crippen LogP contribution < -0.4 is 10.1 Å². The number of nitrogens with one attached hydrogen (secondary N) is 1. The van der Waals surface area contributed by atoms with Crippen LogP contribution in [-0.2, 0) is 0 Å². The van der Waals surface area contributed by atoms with Gasteiger partial charge in [-0.25, -0.2) is 0 Å². The smallest absolute Gasteiger partial charge is 0.287 e. The second kappa shape index (κ2) is 6.70. The maximum absolute atomic E-state index is 12.6. The number of benzene rings is 2. The lowest BCUT2D eigenvalue weighted by Crippen LogP contribution is -2.26. The number of aryl methyl sites for hydroxylation is 1. The van der Waals surface area contributed by atoms with Crippen LogP contribution in [0.15, 0.2) is 46.9 Å². The molecule has 0 aliphatic rings. The van der Waals surface area contributed by atoms with Crippen molar-refractivity contribution in [3.63, 3.8) is 0 Å². The molecule has 25 heavy (non-hydrogen) atoms. The first-order valence-electron chi connectivity index (χ1n) is 7.91. The highest BCUT2D eigenvalue weighted by Crippen LogP contribution is 2.29. The molecule has 0 radical (unpaired) electrons. The zero-order valence-corrected chi connectivity index (χ0v) is 14.3. The van der Waals surface area contributed by atoms with E-state index < -0.39 is 0 Å². The standard InChI is InChI=1S/C20H18N2O3/c1-12-17-10-16(24-3)8-9-18(17)25-19(12)20(23)22-13(2)15-6-4-14(11-21)5-7-15/h4-10,13H,1-3H3,(H,22,23). The van der Waals surface area contributed by atoms with E-state index in [0.717, 1.165) is 16.5 Å². The van der Waals surface area contributed by atoms with Gasteiger partial charge in [-0.2, -0.15) is 5.26 Å². The number of carbonyl (C=O) groups is 1. The molecule has 126 valence electrons. The lowest BCUT2D eigenvalue weighted by atomic mass is 10.1. The number of furan rings is 1. The number of nitriles is 1. The molecule has 0 saturated carbocycles. The Kier molecular flexibility index (Phi) is 4.44. The van der Waals surface area contributed by atoms with Crippen LogP contribution in [0.3, 0.4) is 0 Å². The van der Waals surface area contributed by atoms with Gasteiger partial charge >= 0.3 is 0 Å². The number of methoxy groups -OCH3 is 1. The van der Waals surface area contributed by atoms with E-state index in [1.807, 2.05) is 32.0 Å². The molecule has 1 aromatic heterocycles. The number of carbonyl (C=O) groups excluding carboxylic acids is 1. The molecule has 2 aromatic carbocycles. The second-order valence-corrected chi connectivity index (χ2v) is 5.85. The van der Waals surface area contributed by atoms with Crippen molar-refractivity contribution in [3.8, 4) is 11.8 Å². The van der Waals surface area contributed by atoms with E-state index in [0.29, 0.717) is 22.7 Å². The van der Waals surface area contributed by atoms with Gasteiger partial charge in [0.1, 0.15) is 11.3 Å². The van der Waals surface area contributed by atoms with Gasteiger partial charge in [0.05, 0.1) is 24.8 Å². The van der Waals surface area contributed by atoms with E-state index in [1.54, 1.807) is 31.4 Å². The number of hydrogen-bond acceptors (Lipinski definition) is 4. The van der Waals surface area contributed by atoms with Crippen molar-refractivity contribution >= 4 is 16.9 Å².